The predicted molar refractivity (Wildman–Crippen MR) is 80.0 cm³/mol. The minimum Gasteiger partial charge on any atom is -0.368 e. The summed E-state index contributed by atoms with van der Waals surface area (Å²) in [7, 11) is 0. The van der Waals surface area contributed by atoms with E-state index in [2.05, 4.69) is 17.1 Å². The standard InChI is InChI=1S/C15H31N3O/c1-4-17-15(3,14(16)19)9-6-11-18-10-5-7-13(2)8-12-18/h13,17H,4-12H2,1-3H3,(H2,16,19). The van der Waals surface area contributed by atoms with Crippen LogP contribution in [0, 0.1) is 5.92 Å². The van der Waals surface area contributed by atoms with E-state index in [4.69, 9.17) is 5.73 Å². The summed E-state index contributed by atoms with van der Waals surface area (Å²) in [5, 5.41) is 3.22. The van der Waals surface area contributed by atoms with Crippen molar-refractivity contribution in [1.82, 2.24) is 10.2 Å². The Bertz CT molecular complexity index is 283. The highest BCUT2D eigenvalue weighted by Gasteiger charge is 2.29. The van der Waals surface area contributed by atoms with Crippen LogP contribution in [0.15, 0.2) is 0 Å². The molecule has 0 saturated carbocycles. The number of hydrogen-bond donors (Lipinski definition) is 2. The van der Waals surface area contributed by atoms with Crippen molar-refractivity contribution in [2.45, 2.75) is 58.4 Å². The zero-order valence-electron chi connectivity index (χ0n) is 12.9. The molecule has 1 heterocycles. The van der Waals surface area contributed by atoms with Gasteiger partial charge in [0, 0.05) is 0 Å². The first-order chi connectivity index (χ1) is 8.98. The van der Waals surface area contributed by atoms with Crippen LogP contribution < -0.4 is 11.1 Å². The molecule has 19 heavy (non-hydrogen) atoms. The van der Waals surface area contributed by atoms with Crippen molar-refractivity contribution in [1.29, 1.82) is 0 Å². The molecular formula is C15H31N3O. The molecule has 0 aromatic rings. The van der Waals surface area contributed by atoms with Gasteiger partial charge >= 0.3 is 0 Å². The molecule has 1 saturated heterocycles. The van der Waals surface area contributed by atoms with E-state index in [0.717, 1.165) is 31.8 Å². The summed E-state index contributed by atoms with van der Waals surface area (Å²) in [4.78, 5) is 14.1. The van der Waals surface area contributed by atoms with Gasteiger partial charge in [-0.3, -0.25) is 4.79 Å². The maximum Gasteiger partial charge on any atom is 0.237 e. The normalized spacial score (nSPS) is 24.7. The van der Waals surface area contributed by atoms with Gasteiger partial charge in [-0.15, -0.1) is 0 Å². The minimum atomic E-state index is -0.548. The van der Waals surface area contributed by atoms with Crippen LogP contribution >= 0.6 is 0 Å². The largest absolute Gasteiger partial charge is 0.368 e. The molecule has 1 fully saturated rings. The van der Waals surface area contributed by atoms with Crippen molar-refractivity contribution in [3.63, 3.8) is 0 Å². The van der Waals surface area contributed by atoms with Crippen molar-refractivity contribution in [2.24, 2.45) is 11.7 Å². The first kappa shape index (κ1) is 16.4. The molecule has 1 amide bonds. The SMILES string of the molecule is CCNC(C)(CCCN1CCCC(C)CC1)C(N)=O. The predicted octanol–water partition coefficient (Wildman–Crippen LogP) is 1.74. The van der Waals surface area contributed by atoms with Crippen LogP contribution in [0.4, 0.5) is 0 Å². The second-order valence-corrected chi connectivity index (χ2v) is 6.21. The summed E-state index contributed by atoms with van der Waals surface area (Å²) in [6.45, 7) is 10.6. The lowest BCUT2D eigenvalue weighted by Crippen LogP contribution is -2.53. The fourth-order valence-corrected chi connectivity index (χ4v) is 2.89. The molecule has 2 unspecified atom stereocenters. The molecule has 0 aliphatic carbocycles. The zero-order valence-corrected chi connectivity index (χ0v) is 12.9. The zero-order chi connectivity index (χ0) is 14.3. The van der Waals surface area contributed by atoms with Gasteiger partial charge in [-0.25, -0.2) is 0 Å². The number of primary amides is 1. The molecule has 1 aliphatic heterocycles. The van der Waals surface area contributed by atoms with Crippen LogP contribution in [0.1, 0.15) is 52.9 Å². The average molecular weight is 269 g/mol. The van der Waals surface area contributed by atoms with Gasteiger partial charge in [-0.1, -0.05) is 13.8 Å². The highest BCUT2D eigenvalue weighted by Crippen LogP contribution is 2.18. The molecule has 1 aliphatic rings. The molecule has 4 heteroatoms. The van der Waals surface area contributed by atoms with Crippen LogP contribution in [0.3, 0.4) is 0 Å². The average Bonchev–Trinajstić information content (AvgIpc) is 2.54. The number of rotatable bonds is 7. The third-order valence-electron chi connectivity index (χ3n) is 4.37. The van der Waals surface area contributed by atoms with E-state index in [1.54, 1.807) is 0 Å². The maximum absolute atomic E-state index is 11.5. The van der Waals surface area contributed by atoms with Gasteiger partial charge in [0.05, 0.1) is 5.54 Å². The van der Waals surface area contributed by atoms with E-state index in [1.807, 2.05) is 13.8 Å². The lowest BCUT2D eigenvalue weighted by Gasteiger charge is -2.28. The van der Waals surface area contributed by atoms with Crippen LogP contribution in [0.25, 0.3) is 0 Å². The molecule has 4 nitrogen and oxygen atoms in total. The van der Waals surface area contributed by atoms with Crippen LogP contribution in [0.5, 0.6) is 0 Å². The molecular weight excluding hydrogens is 238 g/mol. The van der Waals surface area contributed by atoms with Crippen molar-refractivity contribution in [3.05, 3.63) is 0 Å². The highest BCUT2D eigenvalue weighted by molar-refractivity contribution is 5.84. The number of nitrogens with zero attached hydrogens (tertiary/aromatic N) is 1. The van der Waals surface area contributed by atoms with Gasteiger partial charge in [-0.2, -0.15) is 0 Å². The lowest BCUT2D eigenvalue weighted by molar-refractivity contribution is -0.124. The molecule has 112 valence electrons. The number of nitrogens with one attached hydrogen (secondary N) is 1. The summed E-state index contributed by atoms with van der Waals surface area (Å²) >= 11 is 0. The van der Waals surface area contributed by atoms with Crippen molar-refractivity contribution >= 4 is 5.91 Å². The smallest absolute Gasteiger partial charge is 0.237 e. The van der Waals surface area contributed by atoms with Crippen LogP contribution in [-0.2, 0) is 4.79 Å². The first-order valence-corrected chi connectivity index (χ1v) is 7.75. The topological polar surface area (TPSA) is 58.4 Å². The van der Waals surface area contributed by atoms with E-state index >= 15 is 0 Å². The Morgan fingerprint density at radius 2 is 2.16 bits per heavy atom. The second-order valence-electron chi connectivity index (χ2n) is 6.21. The molecule has 0 spiro atoms. The Morgan fingerprint density at radius 1 is 1.42 bits per heavy atom. The van der Waals surface area contributed by atoms with E-state index in [-0.39, 0.29) is 5.91 Å². The minimum absolute atomic E-state index is 0.237. The molecule has 0 radical (unpaired) electrons. The van der Waals surface area contributed by atoms with Crippen molar-refractivity contribution < 1.29 is 4.79 Å². The van der Waals surface area contributed by atoms with Gasteiger partial charge in [0.25, 0.3) is 0 Å². The highest BCUT2D eigenvalue weighted by atomic mass is 16.1. The quantitative estimate of drug-likeness (QED) is 0.740. The number of amides is 1. The Balaban J connectivity index is 2.33. The van der Waals surface area contributed by atoms with E-state index < -0.39 is 5.54 Å². The van der Waals surface area contributed by atoms with Gasteiger partial charge < -0.3 is 16.0 Å². The van der Waals surface area contributed by atoms with Gasteiger partial charge in [0.2, 0.25) is 5.91 Å². The van der Waals surface area contributed by atoms with Crippen molar-refractivity contribution in [3.8, 4) is 0 Å². The van der Waals surface area contributed by atoms with E-state index in [9.17, 15) is 4.79 Å². The van der Waals surface area contributed by atoms with Gasteiger partial charge in [0.15, 0.2) is 0 Å². The second kappa shape index (κ2) is 7.85. The van der Waals surface area contributed by atoms with Crippen LogP contribution in [0.2, 0.25) is 0 Å². The molecule has 2 atom stereocenters. The lowest BCUT2D eigenvalue weighted by atomic mass is 9.94. The summed E-state index contributed by atoms with van der Waals surface area (Å²) in [6, 6.07) is 0. The molecule has 0 bridgehead atoms. The van der Waals surface area contributed by atoms with Crippen molar-refractivity contribution in [2.75, 3.05) is 26.2 Å². The van der Waals surface area contributed by atoms with Gasteiger partial charge in [-0.05, 0) is 71.1 Å². The Hall–Kier alpha value is -0.610. The fraction of sp³-hybridized carbons (Fsp3) is 0.933. The summed E-state index contributed by atoms with van der Waals surface area (Å²) in [5.74, 6) is 0.626. The number of carbonyl (C=O) groups excluding carboxylic acids is 1. The Kier molecular flexibility index (Phi) is 6.80. The van der Waals surface area contributed by atoms with E-state index in [0.29, 0.717) is 0 Å². The number of likely N-dealkylation sites (N-methyl/N-ethyl adjacent to an activating group) is 1. The third-order valence-corrected chi connectivity index (χ3v) is 4.37. The maximum atomic E-state index is 11.5. The monoisotopic (exact) mass is 269 g/mol. The fourth-order valence-electron chi connectivity index (χ4n) is 2.89. The van der Waals surface area contributed by atoms with Gasteiger partial charge in [0.1, 0.15) is 0 Å². The number of hydrogen-bond acceptors (Lipinski definition) is 3. The first-order valence-electron chi connectivity index (χ1n) is 7.75. The summed E-state index contributed by atoms with van der Waals surface area (Å²) in [5.41, 5.74) is 4.96. The molecule has 0 aromatic carbocycles. The number of nitrogens with two attached hydrogens (primary N) is 1. The Labute approximate surface area is 118 Å². The van der Waals surface area contributed by atoms with Crippen LogP contribution in [-0.4, -0.2) is 42.5 Å². The number of likely N-dealkylation sites (tertiary alicyclic amines) is 1. The Morgan fingerprint density at radius 3 is 2.79 bits per heavy atom. The summed E-state index contributed by atoms with van der Waals surface area (Å²) < 4.78 is 0. The molecule has 0 aromatic heterocycles. The third kappa shape index (κ3) is 5.49. The molecule has 1 rings (SSSR count). The summed E-state index contributed by atoms with van der Waals surface area (Å²) in [6.07, 6.45) is 5.82. The number of carbonyl (C=O) groups is 1. The van der Waals surface area contributed by atoms with E-state index in [1.165, 1.54) is 32.4 Å². The molecule has 3 N–H and O–H groups in total.